The summed E-state index contributed by atoms with van der Waals surface area (Å²) in [6.07, 6.45) is 0. The standard InChI is InChI=1S/C14H38N6P2/c1-15(2)21(16(3)4,17(5)6)13-14-22(18(7)8,19(9)10)20(11)12/h13-14H,1-12H3/q+2/b14-13+. The fraction of sp³-hybridized carbons (Fsp3) is 0.857. The lowest BCUT2D eigenvalue weighted by Gasteiger charge is -2.40. The zero-order valence-corrected chi connectivity index (χ0v) is 18.5. The van der Waals surface area contributed by atoms with Crippen molar-refractivity contribution in [2.24, 2.45) is 0 Å². The third kappa shape index (κ3) is 4.06. The van der Waals surface area contributed by atoms with E-state index in [0.29, 0.717) is 0 Å². The van der Waals surface area contributed by atoms with Gasteiger partial charge >= 0.3 is 0 Å². The molecule has 0 unspecified atom stereocenters. The van der Waals surface area contributed by atoms with E-state index in [-0.39, 0.29) is 0 Å². The van der Waals surface area contributed by atoms with E-state index in [1.165, 1.54) is 0 Å². The third-order valence-electron chi connectivity index (χ3n) is 4.00. The Morgan fingerprint density at radius 3 is 0.591 bits per heavy atom. The Hall–Kier alpha value is 0.360. The first kappa shape index (κ1) is 22.4. The summed E-state index contributed by atoms with van der Waals surface area (Å²) in [5.41, 5.74) is 0. The molecular weight excluding hydrogens is 314 g/mol. The van der Waals surface area contributed by atoms with Gasteiger partial charge in [0.05, 0.1) is 0 Å². The van der Waals surface area contributed by atoms with Crippen LogP contribution in [0.1, 0.15) is 0 Å². The molecule has 0 radical (unpaired) electrons. The molecule has 0 saturated carbocycles. The predicted molar refractivity (Wildman–Crippen MR) is 105 cm³/mol. The smallest absolute Gasteiger partial charge is 0.151 e. The minimum Gasteiger partial charge on any atom is -0.151 e. The lowest BCUT2D eigenvalue weighted by atomic mass is 11.2. The summed E-state index contributed by atoms with van der Waals surface area (Å²) in [7, 11) is 22.7. The number of rotatable bonds is 8. The van der Waals surface area contributed by atoms with Gasteiger partial charge in [0, 0.05) is 84.6 Å². The molecule has 0 aliphatic heterocycles. The monoisotopic (exact) mass is 352 g/mol. The highest BCUT2D eigenvalue weighted by Crippen LogP contribution is 2.71. The number of nitrogens with zero attached hydrogens (tertiary/aromatic N) is 6. The van der Waals surface area contributed by atoms with Crippen LogP contribution >= 0.6 is 15.4 Å². The van der Waals surface area contributed by atoms with Crippen LogP contribution < -0.4 is 0 Å². The van der Waals surface area contributed by atoms with Crippen LogP contribution in [-0.2, 0) is 0 Å². The Labute approximate surface area is 140 Å². The maximum atomic E-state index is 2.43. The molecule has 132 valence electrons. The molecule has 0 heterocycles. The first-order valence-corrected chi connectivity index (χ1v) is 10.8. The van der Waals surface area contributed by atoms with Crippen LogP contribution in [0.25, 0.3) is 0 Å². The lowest BCUT2D eigenvalue weighted by Crippen LogP contribution is -2.36. The van der Waals surface area contributed by atoms with Crippen molar-refractivity contribution >= 4 is 15.4 Å². The summed E-state index contributed by atoms with van der Waals surface area (Å²) in [6, 6.07) is 0. The molecule has 0 aliphatic carbocycles. The van der Waals surface area contributed by atoms with Crippen LogP contribution in [0.15, 0.2) is 11.6 Å². The molecule has 0 spiro atoms. The lowest BCUT2D eigenvalue weighted by molar-refractivity contribution is 0.467. The largest absolute Gasteiger partial charge is 0.256 e. The van der Waals surface area contributed by atoms with Crippen molar-refractivity contribution in [2.75, 3.05) is 84.6 Å². The van der Waals surface area contributed by atoms with Crippen molar-refractivity contribution in [2.45, 2.75) is 0 Å². The van der Waals surface area contributed by atoms with E-state index < -0.39 is 15.4 Å². The minimum absolute atomic E-state index is 1.66. The van der Waals surface area contributed by atoms with Gasteiger partial charge in [-0.15, -0.1) is 0 Å². The van der Waals surface area contributed by atoms with Crippen molar-refractivity contribution in [1.29, 1.82) is 0 Å². The maximum absolute atomic E-state index is 2.43. The topological polar surface area (TPSA) is 19.4 Å². The highest BCUT2D eigenvalue weighted by Gasteiger charge is 2.51. The Kier molecular flexibility index (Phi) is 8.59. The van der Waals surface area contributed by atoms with Crippen molar-refractivity contribution < 1.29 is 0 Å². The molecule has 0 saturated heterocycles. The average molecular weight is 352 g/mol. The molecule has 0 aliphatic rings. The van der Waals surface area contributed by atoms with Gasteiger partial charge in [-0.2, -0.15) is 28.0 Å². The second-order valence-electron chi connectivity index (χ2n) is 6.61. The first-order valence-electron chi connectivity index (χ1n) is 7.42. The van der Waals surface area contributed by atoms with E-state index in [4.69, 9.17) is 0 Å². The van der Waals surface area contributed by atoms with Crippen molar-refractivity contribution in [3.8, 4) is 0 Å². The van der Waals surface area contributed by atoms with Crippen LogP contribution in [0.2, 0.25) is 0 Å². The average Bonchev–Trinajstić information content (AvgIpc) is 2.31. The van der Waals surface area contributed by atoms with Gasteiger partial charge in [-0.1, -0.05) is 0 Å². The van der Waals surface area contributed by atoms with Gasteiger partial charge in [-0.3, -0.25) is 0 Å². The third-order valence-corrected chi connectivity index (χ3v) is 12.4. The van der Waals surface area contributed by atoms with E-state index in [9.17, 15) is 0 Å². The van der Waals surface area contributed by atoms with Gasteiger partial charge < -0.3 is 0 Å². The molecular formula is C14H38N6P2+2. The Morgan fingerprint density at radius 2 is 0.500 bits per heavy atom. The van der Waals surface area contributed by atoms with Gasteiger partial charge in [-0.05, 0) is 0 Å². The van der Waals surface area contributed by atoms with Gasteiger partial charge in [-0.25, -0.2) is 0 Å². The van der Waals surface area contributed by atoms with E-state index in [1.807, 2.05) is 0 Å². The molecule has 0 N–H and O–H groups in total. The van der Waals surface area contributed by atoms with Crippen LogP contribution in [-0.4, -0.2) is 113 Å². The highest BCUT2D eigenvalue weighted by atomic mass is 31.2. The Balaban J connectivity index is 6.10. The van der Waals surface area contributed by atoms with Crippen molar-refractivity contribution in [3.05, 3.63) is 11.6 Å². The van der Waals surface area contributed by atoms with Gasteiger partial charge in [0.1, 0.15) is 0 Å². The molecule has 6 nitrogen and oxygen atoms in total. The number of hydrogen-bond acceptors (Lipinski definition) is 6. The molecule has 0 aromatic rings. The zero-order valence-electron chi connectivity index (χ0n) is 16.7. The summed E-state index contributed by atoms with van der Waals surface area (Å²) in [5, 5.41) is 0. The first-order chi connectivity index (χ1) is 9.87. The fourth-order valence-electron chi connectivity index (χ4n) is 3.13. The second kappa shape index (κ2) is 8.46. The predicted octanol–water partition coefficient (Wildman–Crippen LogP) is 2.35. The van der Waals surface area contributed by atoms with E-state index in [1.54, 1.807) is 0 Å². The normalized spacial score (nSPS) is 14.8. The zero-order chi connectivity index (χ0) is 17.9. The van der Waals surface area contributed by atoms with E-state index >= 15 is 0 Å². The SMILES string of the molecule is CN(C)[P+](/C=C/[P+](N(C)C)(N(C)C)N(C)C)(N(C)C)N(C)C. The quantitative estimate of drug-likeness (QED) is 0.620. The second-order valence-corrected chi connectivity index (χ2v) is 14.5. The number of hydrogen-bond donors (Lipinski definition) is 0. The Morgan fingerprint density at radius 1 is 0.364 bits per heavy atom. The van der Waals surface area contributed by atoms with E-state index in [2.05, 4.69) is 124 Å². The molecule has 0 aromatic carbocycles. The molecule has 0 aromatic heterocycles. The summed E-state index contributed by atoms with van der Waals surface area (Å²) in [4.78, 5) is 0. The molecule has 0 rings (SSSR count). The molecule has 22 heavy (non-hydrogen) atoms. The van der Waals surface area contributed by atoms with Crippen LogP contribution in [0.3, 0.4) is 0 Å². The molecule has 0 fully saturated rings. The van der Waals surface area contributed by atoms with Crippen LogP contribution in [0.5, 0.6) is 0 Å². The minimum atomic E-state index is -1.66. The summed E-state index contributed by atoms with van der Waals surface area (Å²) >= 11 is 0. The fourth-order valence-corrected chi connectivity index (χ4v) is 10.4. The Bertz CT molecular complexity index is 289. The van der Waals surface area contributed by atoms with Gasteiger partial charge in [0.25, 0.3) is 15.4 Å². The molecule has 8 heteroatoms. The van der Waals surface area contributed by atoms with E-state index in [0.717, 1.165) is 0 Å². The summed E-state index contributed by atoms with van der Waals surface area (Å²) in [6.45, 7) is 0. The maximum Gasteiger partial charge on any atom is 0.256 e. The van der Waals surface area contributed by atoms with Gasteiger partial charge in [0.2, 0.25) is 0 Å². The molecule has 0 bridgehead atoms. The summed E-state index contributed by atoms with van der Waals surface area (Å²) in [5.74, 6) is 4.86. The van der Waals surface area contributed by atoms with Crippen LogP contribution in [0, 0.1) is 0 Å². The molecule has 0 atom stereocenters. The highest BCUT2D eigenvalue weighted by molar-refractivity contribution is 7.75. The van der Waals surface area contributed by atoms with Crippen molar-refractivity contribution in [1.82, 2.24) is 28.0 Å². The van der Waals surface area contributed by atoms with Crippen LogP contribution in [0.4, 0.5) is 0 Å². The molecule has 0 amide bonds. The van der Waals surface area contributed by atoms with Gasteiger partial charge in [0.15, 0.2) is 11.6 Å². The van der Waals surface area contributed by atoms with Crippen molar-refractivity contribution in [3.63, 3.8) is 0 Å². The summed E-state index contributed by atoms with van der Waals surface area (Å²) < 4.78 is 14.1.